The van der Waals surface area contributed by atoms with Crippen molar-refractivity contribution in [1.82, 2.24) is 4.31 Å². The fourth-order valence-corrected chi connectivity index (χ4v) is 5.09. The molecular formula is C16H20N2O3S. The minimum Gasteiger partial charge on any atom is -0.398 e. The second-order valence-electron chi connectivity index (χ2n) is 6.20. The lowest BCUT2D eigenvalue weighted by Gasteiger charge is -2.36. The smallest absolute Gasteiger partial charge is 0.245 e. The lowest BCUT2D eigenvalue weighted by atomic mass is 9.85. The number of piperidine rings is 1. The van der Waals surface area contributed by atoms with Crippen molar-refractivity contribution < 1.29 is 13.2 Å². The van der Waals surface area contributed by atoms with Crippen LogP contribution in [-0.4, -0.2) is 31.6 Å². The number of hydrogen-bond donors (Lipinski definition) is 1. The number of hydrogen-bond acceptors (Lipinski definition) is 4. The van der Waals surface area contributed by atoms with Crippen LogP contribution in [0.1, 0.15) is 20.3 Å². The molecule has 1 saturated heterocycles. The van der Waals surface area contributed by atoms with Gasteiger partial charge in [0.1, 0.15) is 4.90 Å². The van der Waals surface area contributed by atoms with E-state index < -0.39 is 10.0 Å². The predicted octanol–water partition coefficient (Wildman–Crippen LogP) is 1.81. The zero-order valence-electron chi connectivity index (χ0n) is 12.7. The van der Waals surface area contributed by atoms with E-state index in [0.29, 0.717) is 19.5 Å². The van der Waals surface area contributed by atoms with Crippen LogP contribution < -0.4 is 5.73 Å². The minimum atomic E-state index is -3.64. The zero-order valence-corrected chi connectivity index (χ0v) is 13.6. The Kier molecular flexibility index (Phi) is 3.61. The number of benzene rings is 1. The second-order valence-corrected chi connectivity index (χ2v) is 8.10. The van der Waals surface area contributed by atoms with E-state index in [4.69, 9.17) is 5.73 Å². The summed E-state index contributed by atoms with van der Waals surface area (Å²) in [4.78, 5) is 12.1. The molecule has 2 aliphatic rings. The number of para-hydroxylation sites is 1. The zero-order chi connectivity index (χ0) is 16.1. The third-order valence-electron chi connectivity index (χ3n) is 4.81. The van der Waals surface area contributed by atoms with Crippen LogP contribution in [0.5, 0.6) is 0 Å². The molecule has 1 aromatic rings. The Morgan fingerprint density at radius 1 is 1.27 bits per heavy atom. The van der Waals surface area contributed by atoms with Gasteiger partial charge in [-0.15, -0.1) is 0 Å². The SMILES string of the molecule is CC1=C2CN(S(=O)(=O)c3ccccc3N)C[C@H](C)[C@H]2CC1=O. The summed E-state index contributed by atoms with van der Waals surface area (Å²) in [5.74, 6) is 0.460. The first kappa shape index (κ1) is 15.2. The number of ketones is 1. The maximum Gasteiger partial charge on any atom is 0.245 e. The quantitative estimate of drug-likeness (QED) is 0.843. The van der Waals surface area contributed by atoms with Gasteiger partial charge in [0.15, 0.2) is 5.78 Å². The first-order valence-corrected chi connectivity index (χ1v) is 8.84. The largest absolute Gasteiger partial charge is 0.398 e. The molecule has 3 rings (SSSR count). The summed E-state index contributed by atoms with van der Waals surface area (Å²) in [5, 5.41) is 0. The number of allylic oxidation sites excluding steroid dienone is 1. The summed E-state index contributed by atoms with van der Waals surface area (Å²) >= 11 is 0. The molecule has 118 valence electrons. The molecule has 22 heavy (non-hydrogen) atoms. The summed E-state index contributed by atoms with van der Waals surface area (Å²) < 4.78 is 27.2. The molecule has 1 aliphatic carbocycles. The maximum atomic E-state index is 12.9. The number of nitrogens with zero attached hydrogens (tertiary/aromatic N) is 1. The molecule has 0 spiro atoms. The normalized spacial score (nSPS) is 26.4. The Labute approximate surface area is 130 Å². The Hall–Kier alpha value is -1.66. The van der Waals surface area contributed by atoms with Gasteiger partial charge in [-0.05, 0) is 42.0 Å². The van der Waals surface area contributed by atoms with Crippen LogP contribution in [0.15, 0.2) is 40.3 Å². The molecule has 1 fully saturated rings. The van der Waals surface area contributed by atoms with Gasteiger partial charge >= 0.3 is 0 Å². The Bertz CT molecular complexity index is 767. The van der Waals surface area contributed by atoms with Crippen LogP contribution in [0.4, 0.5) is 5.69 Å². The summed E-state index contributed by atoms with van der Waals surface area (Å²) in [5.41, 5.74) is 7.80. The van der Waals surface area contributed by atoms with E-state index in [0.717, 1.165) is 11.1 Å². The number of rotatable bonds is 2. The van der Waals surface area contributed by atoms with Crippen molar-refractivity contribution >= 4 is 21.5 Å². The van der Waals surface area contributed by atoms with Gasteiger partial charge in [0.05, 0.1) is 5.69 Å². The van der Waals surface area contributed by atoms with Crippen LogP contribution >= 0.6 is 0 Å². The highest BCUT2D eigenvalue weighted by Gasteiger charge is 2.42. The maximum absolute atomic E-state index is 12.9. The summed E-state index contributed by atoms with van der Waals surface area (Å²) in [6.45, 7) is 4.53. The van der Waals surface area contributed by atoms with E-state index in [1.807, 2.05) is 6.92 Å². The standard InChI is InChI=1S/C16H20N2O3S/c1-10-8-18(9-13-11(2)15(19)7-12(10)13)22(20,21)16-6-4-3-5-14(16)17/h3-6,10,12H,7-9,17H2,1-2H3/t10-,12+/m0/s1. The third kappa shape index (κ3) is 2.27. The monoisotopic (exact) mass is 320 g/mol. The molecule has 5 nitrogen and oxygen atoms in total. The van der Waals surface area contributed by atoms with Gasteiger partial charge < -0.3 is 5.73 Å². The number of nitrogens with two attached hydrogens (primary N) is 1. The highest BCUT2D eigenvalue weighted by molar-refractivity contribution is 7.89. The highest BCUT2D eigenvalue weighted by atomic mass is 32.2. The molecule has 1 heterocycles. The molecule has 2 N–H and O–H groups in total. The Morgan fingerprint density at radius 2 is 1.95 bits per heavy atom. The van der Waals surface area contributed by atoms with Crippen molar-refractivity contribution in [2.75, 3.05) is 18.8 Å². The number of anilines is 1. The van der Waals surface area contributed by atoms with Gasteiger partial charge in [-0.2, -0.15) is 4.31 Å². The molecule has 0 radical (unpaired) electrons. The number of carbonyl (C=O) groups excluding carboxylic acids is 1. The molecular weight excluding hydrogens is 300 g/mol. The Balaban J connectivity index is 2.00. The number of sulfonamides is 1. The average molecular weight is 320 g/mol. The summed E-state index contributed by atoms with van der Waals surface area (Å²) in [7, 11) is -3.64. The molecule has 1 aliphatic heterocycles. The summed E-state index contributed by atoms with van der Waals surface area (Å²) in [6, 6.07) is 6.50. The van der Waals surface area contributed by atoms with Crippen LogP contribution in [-0.2, 0) is 14.8 Å². The third-order valence-corrected chi connectivity index (χ3v) is 6.70. The fourth-order valence-electron chi connectivity index (χ4n) is 3.45. The van der Waals surface area contributed by atoms with Crippen molar-refractivity contribution in [2.24, 2.45) is 11.8 Å². The van der Waals surface area contributed by atoms with Gasteiger partial charge in [-0.1, -0.05) is 19.1 Å². The van der Waals surface area contributed by atoms with Gasteiger partial charge in [-0.25, -0.2) is 8.42 Å². The predicted molar refractivity (Wildman–Crippen MR) is 84.6 cm³/mol. The van der Waals surface area contributed by atoms with E-state index in [1.165, 1.54) is 10.4 Å². The number of carbonyl (C=O) groups is 1. The number of fused-ring (bicyclic) bond motifs is 1. The van der Waals surface area contributed by atoms with E-state index in [1.54, 1.807) is 25.1 Å². The molecule has 0 saturated carbocycles. The van der Waals surface area contributed by atoms with E-state index in [-0.39, 0.29) is 28.2 Å². The first-order chi connectivity index (χ1) is 10.3. The lowest BCUT2D eigenvalue weighted by molar-refractivity contribution is -0.115. The van der Waals surface area contributed by atoms with Gasteiger partial charge in [0.2, 0.25) is 10.0 Å². The van der Waals surface area contributed by atoms with Gasteiger partial charge in [0.25, 0.3) is 0 Å². The van der Waals surface area contributed by atoms with Crippen LogP contribution in [0.2, 0.25) is 0 Å². The second kappa shape index (κ2) is 5.21. The average Bonchev–Trinajstić information content (AvgIpc) is 2.76. The van der Waals surface area contributed by atoms with Crippen molar-refractivity contribution in [3.63, 3.8) is 0 Å². The minimum absolute atomic E-state index is 0.130. The van der Waals surface area contributed by atoms with Crippen molar-refractivity contribution in [3.8, 4) is 0 Å². The van der Waals surface area contributed by atoms with Crippen LogP contribution in [0, 0.1) is 11.8 Å². The number of nitrogen functional groups attached to an aromatic ring is 1. The molecule has 0 aromatic heterocycles. The molecule has 0 amide bonds. The first-order valence-electron chi connectivity index (χ1n) is 7.40. The number of Topliss-reactive ketones (excluding diaryl/α,β-unsaturated/α-hetero) is 1. The lowest BCUT2D eigenvalue weighted by Crippen LogP contribution is -2.43. The Morgan fingerprint density at radius 3 is 2.64 bits per heavy atom. The van der Waals surface area contributed by atoms with Crippen molar-refractivity contribution in [2.45, 2.75) is 25.2 Å². The fraction of sp³-hybridized carbons (Fsp3) is 0.438. The van der Waals surface area contributed by atoms with Crippen molar-refractivity contribution in [1.29, 1.82) is 0 Å². The molecule has 0 unspecified atom stereocenters. The molecule has 1 aromatic carbocycles. The van der Waals surface area contributed by atoms with Crippen LogP contribution in [0.25, 0.3) is 0 Å². The topological polar surface area (TPSA) is 80.5 Å². The van der Waals surface area contributed by atoms with Crippen molar-refractivity contribution in [3.05, 3.63) is 35.4 Å². The molecule has 2 atom stereocenters. The van der Waals surface area contributed by atoms with E-state index in [9.17, 15) is 13.2 Å². The van der Waals surface area contributed by atoms with E-state index in [2.05, 4.69) is 0 Å². The molecule has 0 bridgehead atoms. The van der Waals surface area contributed by atoms with Gasteiger partial charge in [0, 0.05) is 19.5 Å². The van der Waals surface area contributed by atoms with Gasteiger partial charge in [-0.3, -0.25) is 4.79 Å². The molecule has 6 heteroatoms. The van der Waals surface area contributed by atoms with Crippen LogP contribution in [0.3, 0.4) is 0 Å². The summed E-state index contributed by atoms with van der Waals surface area (Å²) in [6.07, 6.45) is 0.518. The van der Waals surface area contributed by atoms with E-state index >= 15 is 0 Å². The highest BCUT2D eigenvalue weighted by Crippen LogP contribution is 2.40.